The predicted molar refractivity (Wildman–Crippen MR) is 75.7 cm³/mol. The van der Waals surface area contributed by atoms with E-state index in [9.17, 15) is 0 Å². The van der Waals surface area contributed by atoms with Gasteiger partial charge in [0.25, 0.3) is 0 Å². The molecule has 0 radical (unpaired) electrons. The van der Waals surface area contributed by atoms with Gasteiger partial charge >= 0.3 is 0 Å². The van der Waals surface area contributed by atoms with Crippen molar-refractivity contribution in [2.75, 3.05) is 31.1 Å². The molecule has 2 unspecified atom stereocenters. The average molecular weight is 254 g/mol. The first-order valence-electron chi connectivity index (χ1n) is 7.47. The first-order chi connectivity index (χ1) is 8.42. The summed E-state index contributed by atoms with van der Waals surface area (Å²) < 4.78 is 0. The first-order valence-corrected chi connectivity index (χ1v) is 8.62. The summed E-state index contributed by atoms with van der Waals surface area (Å²) in [4.78, 5) is 2.82. The van der Waals surface area contributed by atoms with Gasteiger partial charge in [-0.15, -0.1) is 0 Å². The van der Waals surface area contributed by atoms with Gasteiger partial charge < -0.3 is 5.32 Å². The Balaban J connectivity index is 1.48. The summed E-state index contributed by atoms with van der Waals surface area (Å²) in [5, 5.41) is 3.71. The van der Waals surface area contributed by atoms with Gasteiger partial charge in [-0.3, -0.25) is 4.90 Å². The Morgan fingerprint density at radius 1 is 1.06 bits per heavy atom. The van der Waals surface area contributed by atoms with Crippen molar-refractivity contribution in [1.29, 1.82) is 0 Å². The molecule has 0 aromatic heterocycles. The minimum atomic E-state index is 0.790. The van der Waals surface area contributed by atoms with E-state index in [1.54, 1.807) is 0 Å². The van der Waals surface area contributed by atoms with E-state index < -0.39 is 0 Å². The van der Waals surface area contributed by atoms with E-state index in [0.717, 1.165) is 18.0 Å². The fourth-order valence-electron chi connectivity index (χ4n) is 3.23. The second-order valence-corrected chi connectivity index (χ2v) is 7.21. The molecule has 0 bridgehead atoms. The zero-order valence-corrected chi connectivity index (χ0v) is 11.7. The molecule has 0 spiro atoms. The molecule has 0 aromatic rings. The van der Waals surface area contributed by atoms with Crippen LogP contribution in [0.15, 0.2) is 0 Å². The maximum atomic E-state index is 3.71. The van der Waals surface area contributed by atoms with E-state index >= 15 is 0 Å². The van der Waals surface area contributed by atoms with Gasteiger partial charge in [0.15, 0.2) is 0 Å². The van der Waals surface area contributed by atoms with Crippen molar-refractivity contribution in [3.05, 3.63) is 0 Å². The number of hydrogen-bond acceptors (Lipinski definition) is 3. The number of hydrogen-bond donors (Lipinski definition) is 1. The highest BCUT2D eigenvalue weighted by atomic mass is 32.2. The molecule has 0 amide bonds. The van der Waals surface area contributed by atoms with Gasteiger partial charge in [0, 0.05) is 25.2 Å². The summed E-state index contributed by atoms with van der Waals surface area (Å²) in [6.45, 7) is 3.96. The first kappa shape index (κ1) is 12.3. The number of nitrogens with zero attached hydrogens (tertiary/aromatic N) is 1. The Kier molecular flexibility index (Phi) is 4.30. The van der Waals surface area contributed by atoms with Crippen molar-refractivity contribution >= 4 is 11.8 Å². The van der Waals surface area contributed by atoms with Gasteiger partial charge in [-0.25, -0.2) is 0 Å². The van der Waals surface area contributed by atoms with Crippen LogP contribution >= 0.6 is 11.8 Å². The minimum Gasteiger partial charge on any atom is -0.313 e. The van der Waals surface area contributed by atoms with E-state index in [0.29, 0.717) is 0 Å². The largest absolute Gasteiger partial charge is 0.313 e. The van der Waals surface area contributed by atoms with Crippen LogP contribution in [0.3, 0.4) is 0 Å². The number of nitrogens with one attached hydrogen (secondary N) is 1. The summed E-state index contributed by atoms with van der Waals surface area (Å²) in [7, 11) is 0. The second-order valence-electron chi connectivity index (χ2n) is 6.06. The average Bonchev–Trinajstić information content (AvgIpc) is 3.09. The molecule has 1 saturated carbocycles. The van der Waals surface area contributed by atoms with Crippen LogP contribution in [-0.2, 0) is 0 Å². The molecule has 1 N–H and O–H groups in total. The van der Waals surface area contributed by atoms with Crippen LogP contribution in [0.1, 0.15) is 38.5 Å². The molecule has 3 heteroatoms. The maximum absolute atomic E-state index is 3.71. The van der Waals surface area contributed by atoms with Crippen LogP contribution in [0, 0.1) is 5.92 Å². The Morgan fingerprint density at radius 2 is 2.00 bits per heavy atom. The lowest BCUT2D eigenvalue weighted by Crippen LogP contribution is -2.45. The van der Waals surface area contributed by atoms with Gasteiger partial charge in [0.1, 0.15) is 0 Å². The van der Waals surface area contributed by atoms with Gasteiger partial charge in [-0.1, -0.05) is 6.42 Å². The van der Waals surface area contributed by atoms with Crippen LogP contribution in [0.25, 0.3) is 0 Å². The van der Waals surface area contributed by atoms with Gasteiger partial charge in [0.05, 0.1) is 0 Å². The highest BCUT2D eigenvalue weighted by molar-refractivity contribution is 7.99. The highest BCUT2D eigenvalue weighted by Crippen LogP contribution is 2.31. The molecule has 3 aliphatic rings. The highest BCUT2D eigenvalue weighted by Gasteiger charge is 2.32. The van der Waals surface area contributed by atoms with Crippen molar-refractivity contribution < 1.29 is 0 Å². The molecular formula is C14H26N2S. The third-order valence-corrected chi connectivity index (χ3v) is 5.68. The van der Waals surface area contributed by atoms with Crippen molar-refractivity contribution in [2.24, 2.45) is 5.92 Å². The Morgan fingerprint density at radius 3 is 2.65 bits per heavy atom. The van der Waals surface area contributed by atoms with Gasteiger partial charge in [-0.2, -0.15) is 11.8 Å². The molecule has 2 aliphatic heterocycles. The Hall–Kier alpha value is 0.270. The Labute approximate surface area is 110 Å². The lowest BCUT2D eigenvalue weighted by Gasteiger charge is -2.32. The molecule has 0 aromatic carbocycles. The molecule has 1 aliphatic carbocycles. The minimum absolute atomic E-state index is 0.790. The fourth-order valence-corrected chi connectivity index (χ4v) is 4.51. The molecule has 2 heterocycles. The summed E-state index contributed by atoms with van der Waals surface area (Å²) in [6, 6.07) is 1.74. The SMILES string of the molecule is C1CCC(CN(CC2CCSC2)C2CC2)NC1. The lowest BCUT2D eigenvalue weighted by atomic mass is 10.0. The molecule has 3 fully saturated rings. The summed E-state index contributed by atoms with van der Waals surface area (Å²) in [5.41, 5.74) is 0. The van der Waals surface area contributed by atoms with Crippen molar-refractivity contribution in [3.63, 3.8) is 0 Å². The summed E-state index contributed by atoms with van der Waals surface area (Å²) in [5.74, 6) is 3.82. The van der Waals surface area contributed by atoms with Crippen LogP contribution in [0.5, 0.6) is 0 Å². The maximum Gasteiger partial charge on any atom is 0.0195 e. The van der Waals surface area contributed by atoms with Crippen LogP contribution in [-0.4, -0.2) is 48.1 Å². The zero-order chi connectivity index (χ0) is 11.5. The van der Waals surface area contributed by atoms with Crippen LogP contribution in [0.2, 0.25) is 0 Å². The standard InChI is InChI=1S/C14H26N2S/c1-2-7-15-13(3-1)10-16(14-4-5-14)9-12-6-8-17-11-12/h12-15H,1-11H2. The molecule has 3 rings (SSSR count). The quantitative estimate of drug-likeness (QED) is 0.811. The molecule has 2 nitrogen and oxygen atoms in total. The van der Waals surface area contributed by atoms with Crippen molar-refractivity contribution in [3.8, 4) is 0 Å². The van der Waals surface area contributed by atoms with Gasteiger partial charge in [0.2, 0.25) is 0 Å². The number of rotatable bonds is 5. The smallest absolute Gasteiger partial charge is 0.0195 e. The molecule has 2 atom stereocenters. The monoisotopic (exact) mass is 254 g/mol. The molecule has 98 valence electrons. The van der Waals surface area contributed by atoms with Crippen LogP contribution in [0.4, 0.5) is 0 Å². The van der Waals surface area contributed by atoms with Gasteiger partial charge in [-0.05, 0) is 56.1 Å². The molecule has 17 heavy (non-hydrogen) atoms. The van der Waals surface area contributed by atoms with E-state index in [2.05, 4.69) is 22.0 Å². The van der Waals surface area contributed by atoms with Crippen LogP contribution < -0.4 is 5.32 Å². The number of thioether (sulfide) groups is 1. The third kappa shape index (κ3) is 3.62. The molecular weight excluding hydrogens is 228 g/mol. The fraction of sp³-hybridized carbons (Fsp3) is 1.00. The van der Waals surface area contributed by atoms with E-state index in [1.165, 1.54) is 69.7 Å². The number of piperidine rings is 1. The Bertz CT molecular complexity index is 230. The lowest BCUT2D eigenvalue weighted by molar-refractivity contribution is 0.193. The van der Waals surface area contributed by atoms with E-state index in [-0.39, 0.29) is 0 Å². The van der Waals surface area contributed by atoms with Crippen molar-refractivity contribution in [2.45, 2.75) is 50.6 Å². The third-order valence-electron chi connectivity index (χ3n) is 4.45. The normalized spacial score (nSPS) is 34.4. The zero-order valence-electron chi connectivity index (χ0n) is 10.9. The summed E-state index contributed by atoms with van der Waals surface area (Å²) in [6.07, 6.45) is 8.63. The van der Waals surface area contributed by atoms with E-state index in [1.807, 2.05) is 0 Å². The topological polar surface area (TPSA) is 15.3 Å². The second kappa shape index (κ2) is 5.94. The summed E-state index contributed by atoms with van der Waals surface area (Å²) >= 11 is 2.16. The molecule has 2 saturated heterocycles. The predicted octanol–water partition coefficient (Wildman–Crippen LogP) is 2.35. The van der Waals surface area contributed by atoms with E-state index in [4.69, 9.17) is 0 Å². The van der Waals surface area contributed by atoms with Crippen molar-refractivity contribution in [1.82, 2.24) is 10.2 Å².